The van der Waals surface area contributed by atoms with Crippen molar-refractivity contribution in [1.29, 1.82) is 0 Å². The van der Waals surface area contributed by atoms with Crippen LogP contribution in [0.2, 0.25) is 0 Å². The number of carbonyl (C=O) groups excluding carboxylic acids is 1. The number of carbonyl (C=O) groups is 1. The third-order valence-electron chi connectivity index (χ3n) is 4.94. The van der Waals surface area contributed by atoms with Crippen molar-refractivity contribution in [3.8, 4) is 0 Å². The van der Waals surface area contributed by atoms with Crippen molar-refractivity contribution in [3.63, 3.8) is 0 Å². The van der Waals surface area contributed by atoms with Crippen LogP contribution >= 0.6 is 0 Å². The van der Waals surface area contributed by atoms with Gasteiger partial charge in [-0.15, -0.1) is 0 Å². The Bertz CT molecular complexity index is 751. The zero-order chi connectivity index (χ0) is 18.7. The van der Waals surface area contributed by atoms with E-state index in [1.165, 1.54) is 12.1 Å². The molecule has 0 atom stereocenters. The third-order valence-corrected chi connectivity index (χ3v) is 6.49. The Morgan fingerprint density at radius 3 is 2.50 bits per heavy atom. The van der Waals surface area contributed by atoms with Gasteiger partial charge in [-0.3, -0.25) is 4.79 Å². The van der Waals surface area contributed by atoms with E-state index in [1.807, 2.05) is 6.92 Å². The lowest BCUT2D eigenvalue weighted by molar-refractivity contribution is -0.0956. The largest absolute Gasteiger partial charge is 0.350 e. The van der Waals surface area contributed by atoms with Gasteiger partial charge in [0.25, 0.3) is 5.91 Å². The van der Waals surface area contributed by atoms with Gasteiger partial charge in [-0.25, -0.2) is 13.1 Å². The molecule has 26 heavy (non-hydrogen) atoms. The molecule has 2 aliphatic rings. The molecular formula is C18H26N2O5S. The van der Waals surface area contributed by atoms with E-state index in [4.69, 9.17) is 9.47 Å². The molecule has 1 N–H and O–H groups in total. The van der Waals surface area contributed by atoms with Crippen LogP contribution in [0.1, 0.15) is 35.7 Å². The van der Waals surface area contributed by atoms with E-state index in [0.29, 0.717) is 44.3 Å². The van der Waals surface area contributed by atoms with Gasteiger partial charge in [0.1, 0.15) is 0 Å². The number of nitrogens with zero attached hydrogens (tertiary/aromatic N) is 1. The summed E-state index contributed by atoms with van der Waals surface area (Å²) >= 11 is 0. The normalized spacial score (nSPS) is 19.8. The van der Waals surface area contributed by atoms with Crippen molar-refractivity contribution in [1.82, 2.24) is 9.62 Å². The molecule has 1 aromatic rings. The smallest absolute Gasteiger partial charge is 0.254 e. The van der Waals surface area contributed by atoms with Crippen LogP contribution in [0.3, 0.4) is 0 Å². The number of sulfonamides is 1. The predicted octanol–water partition coefficient (Wildman–Crippen LogP) is 1.52. The lowest BCUT2D eigenvalue weighted by Gasteiger charge is -2.34. The molecule has 0 saturated carbocycles. The first kappa shape index (κ1) is 19.3. The van der Waals surface area contributed by atoms with E-state index < -0.39 is 10.0 Å². The molecule has 0 aromatic heterocycles. The van der Waals surface area contributed by atoms with Crippen molar-refractivity contribution >= 4 is 15.9 Å². The third kappa shape index (κ3) is 4.09. The molecule has 2 aliphatic heterocycles. The highest BCUT2D eigenvalue weighted by Gasteiger charge is 2.32. The molecule has 2 fully saturated rings. The summed E-state index contributed by atoms with van der Waals surface area (Å²) in [6.07, 6.45) is 1.50. The number of nitrogens with one attached hydrogen (secondary N) is 1. The fraction of sp³-hybridized carbons (Fsp3) is 0.611. The molecule has 2 heterocycles. The van der Waals surface area contributed by atoms with Gasteiger partial charge in [-0.05, 0) is 37.5 Å². The average molecular weight is 382 g/mol. The van der Waals surface area contributed by atoms with Crippen LogP contribution in [-0.4, -0.2) is 58.4 Å². The Labute approximate surface area is 154 Å². The van der Waals surface area contributed by atoms with Crippen molar-refractivity contribution in [2.75, 3.05) is 32.8 Å². The summed E-state index contributed by atoms with van der Waals surface area (Å²) in [5.74, 6) is 0.186. The molecule has 144 valence electrons. The highest BCUT2D eigenvalue weighted by Crippen LogP contribution is 2.27. The minimum absolute atomic E-state index is 0.121. The zero-order valence-electron chi connectivity index (χ0n) is 15.2. The van der Waals surface area contributed by atoms with E-state index in [9.17, 15) is 13.2 Å². The zero-order valence-corrected chi connectivity index (χ0v) is 16.0. The summed E-state index contributed by atoms with van der Waals surface area (Å²) in [5, 5.41) is 0. The minimum atomic E-state index is -3.59. The standard InChI is InChI=1S/C18H26N2O5S/c1-3-19-26(22,23)15-5-4-13(2)16(12-15)17(21)20-8-6-14(7-9-20)18-24-10-11-25-18/h4-5,12,14,18-19H,3,6-11H2,1-2H3. The first-order chi connectivity index (χ1) is 12.4. The van der Waals surface area contributed by atoms with E-state index >= 15 is 0 Å². The fourth-order valence-corrected chi connectivity index (χ4v) is 4.53. The Morgan fingerprint density at radius 1 is 1.23 bits per heavy atom. The van der Waals surface area contributed by atoms with Crippen LogP contribution in [0.5, 0.6) is 0 Å². The number of ether oxygens (including phenoxy) is 2. The second-order valence-electron chi connectivity index (χ2n) is 6.72. The van der Waals surface area contributed by atoms with Crippen LogP contribution in [0.25, 0.3) is 0 Å². The number of rotatable bonds is 5. The molecule has 0 radical (unpaired) electrons. The van der Waals surface area contributed by atoms with Crippen molar-refractivity contribution in [3.05, 3.63) is 29.3 Å². The molecule has 0 unspecified atom stereocenters. The summed E-state index contributed by atoms with van der Waals surface area (Å²) < 4.78 is 38.0. The van der Waals surface area contributed by atoms with Crippen LogP contribution in [-0.2, 0) is 19.5 Å². The van der Waals surface area contributed by atoms with Crippen LogP contribution in [0, 0.1) is 12.8 Å². The number of likely N-dealkylation sites (tertiary alicyclic amines) is 1. The van der Waals surface area contributed by atoms with Gasteiger partial charge in [0, 0.05) is 31.1 Å². The molecule has 1 aromatic carbocycles. The highest BCUT2D eigenvalue weighted by atomic mass is 32.2. The number of amides is 1. The number of benzene rings is 1. The Morgan fingerprint density at radius 2 is 1.88 bits per heavy atom. The van der Waals surface area contributed by atoms with Crippen LogP contribution < -0.4 is 4.72 Å². The predicted molar refractivity (Wildman–Crippen MR) is 96.4 cm³/mol. The molecule has 2 saturated heterocycles. The molecule has 1 amide bonds. The summed E-state index contributed by atoms with van der Waals surface area (Å²) in [6.45, 7) is 6.36. The van der Waals surface area contributed by atoms with E-state index in [0.717, 1.165) is 18.4 Å². The van der Waals surface area contributed by atoms with Crippen LogP contribution in [0.15, 0.2) is 23.1 Å². The van der Waals surface area contributed by atoms with E-state index in [2.05, 4.69) is 4.72 Å². The second kappa shape index (κ2) is 8.04. The van der Waals surface area contributed by atoms with Crippen molar-refractivity contribution in [2.24, 2.45) is 5.92 Å². The van der Waals surface area contributed by atoms with Gasteiger partial charge in [0.15, 0.2) is 6.29 Å². The summed E-state index contributed by atoms with van der Waals surface area (Å²) in [5.41, 5.74) is 1.21. The van der Waals surface area contributed by atoms with Gasteiger partial charge in [0.05, 0.1) is 18.1 Å². The Balaban J connectivity index is 1.72. The topological polar surface area (TPSA) is 84.9 Å². The minimum Gasteiger partial charge on any atom is -0.350 e. The molecule has 0 bridgehead atoms. The van der Waals surface area contributed by atoms with Gasteiger partial charge >= 0.3 is 0 Å². The summed E-state index contributed by atoms with van der Waals surface area (Å²) in [4.78, 5) is 14.8. The lowest BCUT2D eigenvalue weighted by Crippen LogP contribution is -2.41. The average Bonchev–Trinajstić information content (AvgIpc) is 3.16. The molecule has 0 aliphatic carbocycles. The van der Waals surface area contributed by atoms with Crippen molar-refractivity contribution in [2.45, 2.75) is 37.9 Å². The first-order valence-electron chi connectivity index (χ1n) is 9.05. The SMILES string of the molecule is CCNS(=O)(=O)c1ccc(C)c(C(=O)N2CCC(C3OCCO3)CC2)c1. The molecule has 0 spiro atoms. The Hall–Kier alpha value is -1.48. The monoisotopic (exact) mass is 382 g/mol. The fourth-order valence-electron chi connectivity index (χ4n) is 3.47. The van der Waals surface area contributed by atoms with Gasteiger partial charge in [0.2, 0.25) is 10.0 Å². The van der Waals surface area contributed by atoms with Crippen molar-refractivity contribution < 1.29 is 22.7 Å². The van der Waals surface area contributed by atoms with Gasteiger partial charge in [-0.2, -0.15) is 0 Å². The van der Waals surface area contributed by atoms with E-state index in [1.54, 1.807) is 17.9 Å². The van der Waals surface area contributed by atoms with Gasteiger partial charge < -0.3 is 14.4 Å². The maximum Gasteiger partial charge on any atom is 0.254 e. The second-order valence-corrected chi connectivity index (χ2v) is 8.48. The summed E-state index contributed by atoms with van der Waals surface area (Å²) in [6, 6.07) is 4.69. The molecule has 7 nitrogen and oxygen atoms in total. The summed E-state index contributed by atoms with van der Waals surface area (Å²) in [7, 11) is -3.59. The lowest BCUT2D eigenvalue weighted by atomic mass is 9.95. The molecule has 8 heteroatoms. The number of aryl methyl sites for hydroxylation is 1. The quantitative estimate of drug-likeness (QED) is 0.835. The van der Waals surface area contributed by atoms with Gasteiger partial charge in [-0.1, -0.05) is 13.0 Å². The van der Waals surface area contributed by atoms with Crippen LogP contribution in [0.4, 0.5) is 0 Å². The highest BCUT2D eigenvalue weighted by molar-refractivity contribution is 7.89. The number of hydrogen-bond acceptors (Lipinski definition) is 5. The number of piperidine rings is 1. The maximum atomic E-state index is 12.9. The maximum absolute atomic E-state index is 12.9. The molecule has 3 rings (SSSR count). The van der Waals surface area contributed by atoms with E-state index in [-0.39, 0.29) is 17.1 Å². The molecular weight excluding hydrogens is 356 g/mol. The number of hydrogen-bond donors (Lipinski definition) is 1. The first-order valence-corrected chi connectivity index (χ1v) is 10.5. The Kier molecular flexibility index (Phi) is 5.96.